The van der Waals surface area contributed by atoms with Crippen LogP contribution in [0, 0.1) is 0 Å². The van der Waals surface area contributed by atoms with Gasteiger partial charge in [-0.25, -0.2) is 0 Å². The van der Waals surface area contributed by atoms with Crippen molar-refractivity contribution in [3.05, 3.63) is 29.8 Å². The van der Waals surface area contributed by atoms with Gasteiger partial charge < -0.3 is 15.5 Å². The molecule has 4 nitrogen and oxygen atoms in total. The molecule has 0 bridgehead atoms. The molecule has 1 fully saturated rings. The van der Waals surface area contributed by atoms with Gasteiger partial charge in [-0.1, -0.05) is 0 Å². The lowest BCUT2D eigenvalue weighted by molar-refractivity contribution is 0.0993. The largest absolute Gasteiger partial charge is 0.369 e. The van der Waals surface area contributed by atoms with E-state index in [9.17, 15) is 4.79 Å². The highest BCUT2D eigenvalue weighted by molar-refractivity contribution is 5.97. The maximum atomic E-state index is 11.6. The summed E-state index contributed by atoms with van der Waals surface area (Å²) >= 11 is 0. The minimum atomic E-state index is 0.138. The molecule has 4 heteroatoms. The van der Waals surface area contributed by atoms with Crippen molar-refractivity contribution < 1.29 is 4.79 Å². The van der Waals surface area contributed by atoms with Crippen LogP contribution in [0.15, 0.2) is 24.3 Å². The molecule has 0 spiro atoms. The van der Waals surface area contributed by atoms with E-state index in [2.05, 4.69) is 15.5 Å². The SMILES string of the molecule is CNCC(=O)c1ccc(N2CCNCC2)cc1. The van der Waals surface area contributed by atoms with E-state index in [0.29, 0.717) is 6.54 Å². The van der Waals surface area contributed by atoms with Crippen LogP contribution in [-0.2, 0) is 0 Å². The minimum Gasteiger partial charge on any atom is -0.369 e. The summed E-state index contributed by atoms with van der Waals surface area (Å²) in [5.41, 5.74) is 1.98. The third-order valence-corrected chi connectivity index (χ3v) is 3.01. The van der Waals surface area contributed by atoms with Crippen molar-refractivity contribution in [2.45, 2.75) is 0 Å². The number of carbonyl (C=O) groups excluding carboxylic acids is 1. The van der Waals surface area contributed by atoms with E-state index in [1.165, 1.54) is 5.69 Å². The van der Waals surface area contributed by atoms with Crippen LogP contribution in [0.2, 0.25) is 0 Å². The smallest absolute Gasteiger partial charge is 0.176 e. The van der Waals surface area contributed by atoms with Crippen LogP contribution in [0.5, 0.6) is 0 Å². The van der Waals surface area contributed by atoms with Crippen LogP contribution in [-0.4, -0.2) is 45.6 Å². The summed E-state index contributed by atoms with van der Waals surface area (Å²) in [5, 5.41) is 6.20. The van der Waals surface area contributed by atoms with E-state index in [1.54, 1.807) is 7.05 Å². The third-order valence-electron chi connectivity index (χ3n) is 3.01. The van der Waals surface area contributed by atoms with E-state index in [-0.39, 0.29) is 5.78 Å². The zero-order valence-electron chi connectivity index (χ0n) is 10.2. The number of hydrogen-bond donors (Lipinski definition) is 2. The number of benzene rings is 1. The van der Waals surface area contributed by atoms with Gasteiger partial charge in [-0.2, -0.15) is 0 Å². The lowest BCUT2D eigenvalue weighted by Crippen LogP contribution is -2.43. The van der Waals surface area contributed by atoms with Crippen LogP contribution in [0.1, 0.15) is 10.4 Å². The molecular formula is C13H19N3O. The van der Waals surface area contributed by atoms with Gasteiger partial charge in [0.15, 0.2) is 5.78 Å². The van der Waals surface area contributed by atoms with Crippen LogP contribution < -0.4 is 15.5 Å². The molecule has 0 amide bonds. The Bertz CT molecular complexity index is 369. The van der Waals surface area contributed by atoms with Crippen LogP contribution in [0.25, 0.3) is 0 Å². The lowest BCUT2D eigenvalue weighted by atomic mass is 10.1. The fourth-order valence-corrected chi connectivity index (χ4v) is 2.04. The first-order valence-corrected chi connectivity index (χ1v) is 6.05. The molecule has 0 aliphatic carbocycles. The zero-order valence-corrected chi connectivity index (χ0v) is 10.2. The van der Waals surface area contributed by atoms with E-state index in [1.807, 2.05) is 24.3 Å². The number of carbonyl (C=O) groups is 1. The molecule has 1 aromatic rings. The summed E-state index contributed by atoms with van der Waals surface area (Å²) < 4.78 is 0. The van der Waals surface area contributed by atoms with E-state index in [0.717, 1.165) is 31.7 Å². The van der Waals surface area contributed by atoms with Gasteiger partial charge in [0.25, 0.3) is 0 Å². The maximum Gasteiger partial charge on any atom is 0.176 e. The molecule has 0 saturated carbocycles. The first kappa shape index (κ1) is 12.1. The summed E-state index contributed by atoms with van der Waals surface area (Å²) in [7, 11) is 1.78. The fourth-order valence-electron chi connectivity index (χ4n) is 2.04. The van der Waals surface area contributed by atoms with Gasteiger partial charge in [-0.15, -0.1) is 0 Å². The third kappa shape index (κ3) is 3.05. The van der Waals surface area contributed by atoms with E-state index < -0.39 is 0 Å². The highest BCUT2D eigenvalue weighted by atomic mass is 16.1. The summed E-state index contributed by atoms with van der Waals surface area (Å²) in [6.07, 6.45) is 0. The number of ketones is 1. The molecule has 0 unspecified atom stereocenters. The van der Waals surface area contributed by atoms with Crippen molar-refractivity contribution in [1.29, 1.82) is 0 Å². The number of anilines is 1. The minimum absolute atomic E-state index is 0.138. The van der Waals surface area contributed by atoms with Crippen molar-refractivity contribution in [2.24, 2.45) is 0 Å². The standard InChI is InChI=1S/C13H19N3O/c1-14-10-13(17)11-2-4-12(5-3-11)16-8-6-15-7-9-16/h2-5,14-15H,6-10H2,1H3. The van der Waals surface area contributed by atoms with Crippen molar-refractivity contribution >= 4 is 11.5 Å². The molecule has 92 valence electrons. The van der Waals surface area contributed by atoms with Gasteiger partial charge >= 0.3 is 0 Å². The van der Waals surface area contributed by atoms with Gasteiger partial charge in [0.05, 0.1) is 6.54 Å². The van der Waals surface area contributed by atoms with E-state index in [4.69, 9.17) is 0 Å². The Morgan fingerprint density at radius 2 is 1.94 bits per heavy atom. The monoisotopic (exact) mass is 233 g/mol. The Kier molecular flexibility index (Phi) is 4.12. The summed E-state index contributed by atoms with van der Waals surface area (Å²) in [5.74, 6) is 0.138. The molecule has 1 aromatic carbocycles. The highest BCUT2D eigenvalue weighted by Crippen LogP contribution is 2.15. The van der Waals surface area contributed by atoms with E-state index >= 15 is 0 Å². The average molecular weight is 233 g/mol. The number of Topliss-reactive ketones (excluding diaryl/α,β-unsaturated/α-hetero) is 1. The summed E-state index contributed by atoms with van der Waals surface area (Å²) in [6.45, 7) is 4.52. The topological polar surface area (TPSA) is 44.4 Å². The number of nitrogens with one attached hydrogen (secondary N) is 2. The van der Waals surface area contributed by atoms with Crippen molar-refractivity contribution in [1.82, 2.24) is 10.6 Å². The Morgan fingerprint density at radius 3 is 2.53 bits per heavy atom. The average Bonchev–Trinajstić information content (AvgIpc) is 2.40. The van der Waals surface area contributed by atoms with Gasteiger partial charge in [-0.3, -0.25) is 4.79 Å². The molecule has 2 N–H and O–H groups in total. The Morgan fingerprint density at radius 1 is 1.29 bits per heavy atom. The number of hydrogen-bond acceptors (Lipinski definition) is 4. The van der Waals surface area contributed by atoms with Crippen molar-refractivity contribution in [3.8, 4) is 0 Å². The van der Waals surface area contributed by atoms with Gasteiger partial charge in [0.2, 0.25) is 0 Å². The van der Waals surface area contributed by atoms with Gasteiger partial charge in [0.1, 0.15) is 0 Å². The van der Waals surface area contributed by atoms with Crippen LogP contribution in [0.4, 0.5) is 5.69 Å². The summed E-state index contributed by atoms with van der Waals surface area (Å²) in [6, 6.07) is 7.90. The lowest BCUT2D eigenvalue weighted by Gasteiger charge is -2.29. The molecule has 17 heavy (non-hydrogen) atoms. The quantitative estimate of drug-likeness (QED) is 0.743. The molecular weight excluding hydrogens is 214 g/mol. The van der Waals surface area contributed by atoms with Crippen LogP contribution in [0.3, 0.4) is 0 Å². The van der Waals surface area contributed by atoms with Gasteiger partial charge in [-0.05, 0) is 31.3 Å². The number of rotatable bonds is 4. The predicted octanol–water partition coefficient (Wildman–Crippen LogP) is 0.498. The molecule has 0 radical (unpaired) electrons. The van der Waals surface area contributed by atoms with Gasteiger partial charge in [0, 0.05) is 37.4 Å². The normalized spacial score (nSPS) is 15.9. The molecule has 1 heterocycles. The number of nitrogens with zero attached hydrogens (tertiary/aromatic N) is 1. The molecule has 2 rings (SSSR count). The Balaban J connectivity index is 2.04. The van der Waals surface area contributed by atoms with Crippen LogP contribution >= 0.6 is 0 Å². The first-order chi connectivity index (χ1) is 8.31. The molecule has 1 saturated heterocycles. The highest BCUT2D eigenvalue weighted by Gasteiger charge is 2.11. The molecule has 1 aliphatic rings. The Hall–Kier alpha value is -1.39. The second-order valence-corrected chi connectivity index (χ2v) is 4.24. The Labute approximate surface area is 102 Å². The number of piperazine rings is 1. The molecule has 1 aliphatic heterocycles. The zero-order chi connectivity index (χ0) is 12.1. The molecule has 0 atom stereocenters. The first-order valence-electron chi connectivity index (χ1n) is 6.05. The van der Waals surface area contributed by atoms with Crippen molar-refractivity contribution in [3.63, 3.8) is 0 Å². The van der Waals surface area contributed by atoms with Crippen molar-refractivity contribution in [2.75, 3.05) is 44.7 Å². The molecule has 0 aromatic heterocycles. The summed E-state index contributed by atoms with van der Waals surface area (Å²) in [4.78, 5) is 14.0. The fraction of sp³-hybridized carbons (Fsp3) is 0.462. The second kappa shape index (κ2) is 5.80. The predicted molar refractivity (Wildman–Crippen MR) is 69.8 cm³/mol. The maximum absolute atomic E-state index is 11.6. The number of likely N-dealkylation sites (N-methyl/N-ethyl adjacent to an activating group) is 1. The second-order valence-electron chi connectivity index (χ2n) is 4.24.